The van der Waals surface area contributed by atoms with Gasteiger partial charge < -0.3 is 13.7 Å². The Balaban J connectivity index is 3.67. The maximum absolute atomic E-state index is 12.7. The van der Waals surface area contributed by atoms with Crippen molar-refractivity contribution in [2.75, 3.05) is 13.2 Å². The number of benzene rings is 1. The molecule has 0 aromatic heterocycles. The first-order valence-electron chi connectivity index (χ1n) is 7.19. The second-order valence-corrected chi connectivity index (χ2v) is 6.03. The van der Waals surface area contributed by atoms with Crippen LogP contribution >= 0.6 is 0 Å². The van der Waals surface area contributed by atoms with Crippen LogP contribution in [0.15, 0.2) is 36.1 Å². The molecule has 1 rings (SSSR count). The standard InChI is InChI=1S/C15H15F3O7S/c1-3-23-13(19)11(10-8-6-5-7-9-10)12(14(20)24-4-2)25-26(21,22)15(16,17)18/h5-9H,3-4H2,1-2H3/b12-11+. The highest BCUT2D eigenvalue weighted by Crippen LogP contribution is 2.30. The topological polar surface area (TPSA) is 96.0 Å². The van der Waals surface area contributed by atoms with E-state index < -0.39 is 38.9 Å². The zero-order valence-electron chi connectivity index (χ0n) is 13.7. The van der Waals surface area contributed by atoms with E-state index in [1.807, 2.05) is 0 Å². The fraction of sp³-hybridized carbons (Fsp3) is 0.333. The first-order valence-corrected chi connectivity index (χ1v) is 8.60. The van der Waals surface area contributed by atoms with Crippen LogP contribution in [0.1, 0.15) is 19.4 Å². The molecule has 0 aliphatic heterocycles. The predicted molar refractivity (Wildman–Crippen MR) is 82.7 cm³/mol. The molecule has 0 aliphatic carbocycles. The van der Waals surface area contributed by atoms with Gasteiger partial charge in [-0.3, -0.25) is 0 Å². The van der Waals surface area contributed by atoms with E-state index in [2.05, 4.69) is 8.92 Å². The summed E-state index contributed by atoms with van der Waals surface area (Å²) in [4.78, 5) is 24.2. The van der Waals surface area contributed by atoms with Crippen LogP contribution in [0.25, 0.3) is 5.57 Å². The van der Waals surface area contributed by atoms with Crippen LogP contribution in [0.2, 0.25) is 0 Å². The molecule has 0 fully saturated rings. The van der Waals surface area contributed by atoms with Crippen molar-refractivity contribution >= 4 is 27.6 Å². The van der Waals surface area contributed by atoms with Gasteiger partial charge in [0.2, 0.25) is 5.76 Å². The van der Waals surface area contributed by atoms with E-state index in [4.69, 9.17) is 4.74 Å². The van der Waals surface area contributed by atoms with Crippen molar-refractivity contribution in [3.05, 3.63) is 41.7 Å². The highest BCUT2D eigenvalue weighted by atomic mass is 32.2. The van der Waals surface area contributed by atoms with Crippen LogP contribution in [0, 0.1) is 0 Å². The lowest BCUT2D eigenvalue weighted by Gasteiger charge is -2.15. The van der Waals surface area contributed by atoms with E-state index in [-0.39, 0.29) is 18.8 Å². The third-order valence-corrected chi connectivity index (χ3v) is 3.66. The van der Waals surface area contributed by atoms with Gasteiger partial charge in [0.05, 0.1) is 13.2 Å². The molecule has 11 heteroatoms. The molecule has 0 atom stereocenters. The molecule has 0 amide bonds. The first kappa shape index (κ1) is 21.5. The predicted octanol–water partition coefficient (Wildman–Crippen LogP) is 2.39. The minimum atomic E-state index is -6.23. The summed E-state index contributed by atoms with van der Waals surface area (Å²) in [5, 5.41) is 0. The third kappa shape index (κ3) is 5.22. The van der Waals surface area contributed by atoms with Crippen LogP contribution in [0.5, 0.6) is 0 Å². The van der Waals surface area contributed by atoms with E-state index >= 15 is 0 Å². The number of alkyl halides is 3. The molecule has 0 aliphatic rings. The van der Waals surface area contributed by atoms with Crippen LogP contribution in [0.3, 0.4) is 0 Å². The Morgan fingerprint density at radius 3 is 1.92 bits per heavy atom. The SMILES string of the molecule is CCOC(=O)/C(OS(=O)(=O)C(F)(F)F)=C(\C(=O)OCC)c1ccccc1. The highest BCUT2D eigenvalue weighted by molar-refractivity contribution is 7.87. The molecule has 144 valence electrons. The molecule has 0 bridgehead atoms. The van der Waals surface area contributed by atoms with Gasteiger partial charge in [0, 0.05) is 0 Å². The number of ether oxygens (including phenoxy) is 2. The molecule has 0 radical (unpaired) electrons. The van der Waals surface area contributed by atoms with Crippen molar-refractivity contribution in [3.63, 3.8) is 0 Å². The van der Waals surface area contributed by atoms with E-state index in [0.29, 0.717) is 0 Å². The Hall–Kier alpha value is -2.56. The van der Waals surface area contributed by atoms with Crippen LogP contribution in [-0.4, -0.2) is 39.1 Å². The summed E-state index contributed by atoms with van der Waals surface area (Å²) in [6.45, 7) is 2.26. The van der Waals surface area contributed by atoms with E-state index in [9.17, 15) is 31.2 Å². The van der Waals surface area contributed by atoms with Gasteiger partial charge in [-0.15, -0.1) is 0 Å². The lowest BCUT2D eigenvalue weighted by atomic mass is 10.0. The second-order valence-electron chi connectivity index (χ2n) is 4.49. The van der Waals surface area contributed by atoms with Crippen LogP contribution < -0.4 is 0 Å². The van der Waals surface area contributed by atoms with Crippen molar-refractivity contribution in [3.8, 4) is 0 Å². The van der Waals surface area contributed by atoms with Crippen molar-refractivity contribution < 1.29 is 44.8 Å². The van der Waals surface area contributed by atoms with E-state index in [1.54, 1.807) is 0 Å². The molecule has 0 heterocycles. The lowest BCUT2D eigenvalue weighted by molar-refractivity contribution is -0.142. The molecule has 0 N–H and O–H groups in total. The summed E-state index contributed by atoms with van der Waals surface area (Å²) in [5.41, 5.74) is -6.72. The third-order valence-electron chi connectivity index (χ3n) is 2.71. The number of halogens is 3. The van der Waals surface area contributed by atoms with Crippen LogP contribution in [-0.2, 0) is 33.4 Å². The summed E-state index contributed by atoms with van der Waals surface area (Å²) in [5.74, 6) is -4.25. The van der Waals surface area contributed by atoms with Gasteiger partial charge in [0.1, 0.15) is 5.57 Å². The van der Waals surface area contributed by atoms with Gasteiger partial charge in [0.15, 0.2) is 0 Å². The van der Waals surface area contributed by atoms with Crippen molar-refractivity contribution in [1.82, 2.24) is 0 Å². The van der Waals surface area contributed by atoms with Gasteiger partial charge in [0.25, 0.3) is 0 Å². The zero-order chi connectivity index (χ0) is 20.0. The molecule has 0 spiro atoms. The van der Waals surface area contributed by atoms with Crippen molar-refractivity contribution in [1.29, 1.82) is 0 Å². The summed E-state index contributed by atoms with van der Waals surface area (Å²) in [6.07, 6.45) is 0. The number of hydrogen-bond donors (Lipinski definition) is 0. The molecule has 1 aromatic rings. The highest BCUT2D eigenvalue weighted by Gasteiger charge is 2.50. The normalized spacial score (nSPS) is 12.8. The summed E-state index contributed by atoms with van der Waals surface area (Å²) in [6, 6.07) is 6.87. The monoisotopic (exact) mass is 396 g/mol. The number of carbonyl (C=O) groups excluding carboxylic acids is 2. The molecular weight excluding hydrogens is 381 g/mol. The van der Waals surface area contributed by atoms with Gasteiger partial charge in [-0.25, -0.2) is 9.59 Å². The Labute approximate surface area is 147 Å². The molecule has 0 saturated carbocycles. The lowest BCUT2D eigenvalue weighted by Crippen LogP contribution is -2.29. The summed E-state index contributed by atoms with van der Waals surface area (Å²) >= 11 is 0. The van der Waals surface area contributed by atoms with Crippen molar-refractivity contribution in [2.45, 2.75) is 19.4 Å². The Morgan fingerprint density at radius 1 is 0.962 bits per heavy atom. The molecular formula is C15H15F3O7S. The maximum atomic E-state index is 12.7. The average Bonchev–Trinajstić information content (AvgIpc) is 2.54. The van der Waals surface area contributed by atoms with Gasteiger partial charge >= 0.3 is 27.6 Å². The van der Waals surface area contributed by atoms with Gasteiger partial charge in [-0.05, 0) is 19.4 Å². The zero-order valence-corrected chi connectivity index (χ0v) is 14.5. The summed E-state index contributed by atoms with van der Waals surface area (Å²) < 4.78 is 73.8. The second kappa shape index (κ2) is 8.70. The van der Waals surface area contributed by atoms with E-state index in [0.717, 1.165) is 0 Å². The number of hydrogen-bond acceptors (Lipinski definition) is 7. The maximum Gasteiger partial charge on any atom is 0.534 e. The first-order chi connectivity index (χ1) is 12.0. The summed E-state index contributed by atoms with van der Waals surface area (Å²) in [7, 11) is -6.23. The van der Waals surface area contributed by atoms with E-state index in [1.165, 1.54) is 44.2 Å². The Morgan fingerprint density at radius 2 is 1.46 bits per heavy atom. The minimum Gasteiger partial charge on any atom is -0.462 e. The number of rotatable bonds is 7. The molecule has 0 saturated heterocycles. The molecule has 1 aromatic carbocycles. The average molecular weight is 396 g/mol. The quantitative estimate of drug-likeness (QED) is 0.230. The fourth-order valence-electron chi connectivity index (χ4n) is 1.68. The largest absolute Gasteiger partial charge is 0.534 e. The smallest absolute Gasteiger partial charge is 0.462 e. The van der Waals surface area contributed by atoms with Gasteiger partial charge in [-0.2, -0.15) is 21.6 Å². The molecule has 0 unspecified atom stereocenters. The Bertz CT molecular complexity index is 783. The molecule has 26 heavy (non-hydrogen) atoms. The molecule has 7 nitrogen and oxygen atoms in total. The van der Waals surface area contributed by atoms with Crippen molar-refractivity contribution in [2.24, 2.45) is 0 Å². The minimum absolute atomic E-state index is 0.0913. The number of esters is 2. The Kier molecular flexibility index (Phi) is 7.19. The fourth-order valence-corrected chi connectivity index (χ4v) is 2.15. The van der Waals surface area contributed by atoms with Crippen LogP contribution in [0.4, 0.5) is 13.2 Å². The number of carbonyl (C=O) groups is 2. The van der Waals surface area contributed by atoms with Gasteiger partial charge in [-0.1, -0.05) is 30.3 Å².